The van der Waals surface area contributed by atoms with Crippen molar-refractivity contribution in [3.05, 3.63) is 59.7 Å². The van der Waals surface area contributed by atoms with Gasteiger partial charge in [0.05, 0.1) is 23.9 Å². The van der Waals surface area contributed by atoms with Crippen molar-refractivity contribution in [2.75, 3.05) is 11.9 Å². The molecule has 146 valence electrons. The van der Waals surface area contributed by atoms with Crippen LogP contribution in [0.15, 0.2) is 48.5 Å². The smallest absolute Gasteiger partial charge is 0.319 e. The molecule has 0 spiro atoms. The Balaban J connectivity index is 2.10. The zero-order valence-corrected chi connectivity index (χ0v) is 15.6. The lowest BCUT2D eigenvalue weighted by atomic mass is 10.0. The van der Waals surface area contributed by atoms with Crippen LogP contribution in [-0.4, -0.2) is 29.8 Å². The van der Waals surface area contributed by atoms with E-state index in [4.69, 9.17) is 15.1 Å². The Morgan fingerprint density at radius 1 is 1.21 bits per heavy atom. The number of carboxylic acid groups (broad SMARTS) is 1. The fourth-order valence-corrected chi connectivity index (χ4v) is 2.74. The molecule has 7 nitrogen and oxygen atoms in total. The van der Waals surface area contributed by atoms with Crippen molar-refractivity contribution in [3.63, 3.8) is 0 Å². The third-order valence-corrected chi connectivity index (χ3v) is 4.02. The number of nitriles is 1. The molecule has 28 heavy (non-hydrogen) atoms. The Kier molecular flexibility index (Phi) is 7.85. The number of aliphatic carboxylic acids is 1. The van der Waals surface area contributed by atoms with E-state index in [2.05, 4.69) is 10.6 Å². The monoisotopic (exact) mass is 381 g/mol. The largest absolute Gasteiger partial charge is 0.492 e. The fourth-order valence-electron chi connectivity index (χ4n) is 2.74. The molecule has 1 unspecified atom stereocenters. The van der Waals surface area contributed by atoms with Gasteiger partial charge in [-0.25, -0.2) is 4.79 Å². The summed E-state index contributed by atoms with van der Waals surface area (Å²) in [6.07, 6.45) is 0.762. The molecular formula is C21H23N3O4. The summed E-state index contributed by atoms with van der Waals surface area (Å²) in [5.41, 5.74) is 1.78. The van der Waals surface area contributed by atoms with Crippen LogP contribution in [0.5, 0.6) is 5.75 Å². The number of nitrogens with one attached hydrogen (secondary N) is 2. The highest BCUT2D eigenvalue weighted by molar-refractivity contribution is 5.91. The van der Waals surface area contributed by atoms with Gasteiger partial charge in [0.1, 0.15) is 5.75 Å². The molecule has 2 aromatic carbocycles. The number of rotatable bonds is 9. The average molecular weight is 381 g/mol. The summed E-state index contributed by atoms with van der Waals surface area (Å²) in [4.78, 5) is 23.5. The van der Waals surface area contributed by atoms with Gasteiger partial charge in [0.2, 0.25) is 0 Å². The van der Waals surface area contributed by atoms with E-state index in [-0.39, 0.29) is 12.5 Å². The van der Waals surface area contributed by atoms with Gasteiger partial charge in [0.15, 0.2) is 0 Å². The van der Waals surface area contributed by atoms with Crippen LogP contribution in [0, 0.1) is 11.3 Å². The van der Waals surface area contributed by atoms with Crippen LogP contribution in [0.1, 0.15) is 30.9 Å². The molecule has 0 saturated heterocycles. The van der Waals surface area contributed by atoms with Crippen LogP contribution in [0.25, 0.3) is 0 Å². The molecule has 7 heteroatoms. The van der Waals surface area contributed by atoms with Crippen LogP contribution in [0.2, 0.25) is 0 Å². The molecule has 0 radical (unpaired) electrons. The number of hydrogen-bond acceptors (Lipinski definition) is 4. The maximum absolute atomic E-state index is 12.5. The number of carbonyl (C=O) groups excluding carboxylic acids is 1. The minimum Gasteiger partial charge on any atom is -0.492 e. The number of amides is 2. The van der Waals surface area contributed by atoms with E-state index < -0.39 is 12.0 Å². The summed E-state index contributed by atoms with van der Waals surface area (Å²) in [6, 6.07) is 15.5. The summed E-state index contributed by atoms with van der Waals surface area (Å²) >= 11 is 0. The van der Waals surface area contributed by atoms with E-state index in [0.29, 0.717) is 36.4 Å². The highest BCUT2D eigenvalue weighted by Crippen LogP contribution is 2.25. The highest BCUT2D eigenvalue weighted by atomic mass is 16.5. The summed E-state index contributed by atoms with van der Waals surface area (Å²) in [5, 5.41) is 23.6. The van der Waals surface area contributed by atoms with E-state index in [0.717, 1.165) is 5.56 Å². The van der Waals surface area contributed by atoms with Gasteiger partial charge in [-0.1, -0.05) is 30.3 Å². The lowest BCUT2D eigenvalue weighted by Crippen LogP contribution is -2.39. The third-order valence-electron chi connectivity index (χ3n) is 4.02. The van der Waals surface area contributed by atoms with Crippen LogP contribution >= 0.6 is 0 Å². The van der Waals surface area contributed by atoms with Gasteiger partial charge in [-0.15, -0.1) is 0 Å². The number of carboxylic acids is 1. The Morgan fingerprint density at radius 3 is 2.61 bits per heavy atom. The first-order valence-electron chi connectivity index (χ1n) is 9.02. The fraction of sp³-hybridized carbons (Fsp3) is 0.286. The number of urea groups is 1. The van der Waals surface area contributed by atoms with Crippen LogP contribution in [0.3, 0.4) is 0 Å². The van der Waals surface area contributed by atoms with Crippen LogP contribution in [-0.2, 0) is 11.2 Å². The molecule has 2 aromatic rings. The Hall–Kier alpha value is -3.53. The van der Waals surface area contributed by atoms with E-state index in [1.807, 2.05) is 43.3 Å². The number of benzene rings is 2. The van der Waals surface area contributed by atoms with Gasteiger partial charge in [-0.2, -0.15) is 5.26 Å². The van der Waals surface area contributed by atoms with Crippen LogP contribution in [0.4, 0.5) is 10.5 Å². The minimum absolute atomic E-state index is 0.0497. The first kappa shape index (κ1) is 20.8. The predicted octanol–water partition coefficient (Wildman–Crippen LogP) is 3.55. The second-order valence-corrected chi connectivity index (χ2v) is 6.17. The highest BCUT2D eigenvalue weighted by Gasteiger charge is 2.16. The van der Waals surface area contributed by atoms with E-state index in [1.165, 1.54) is 6.07 Å². The normalized spacial score (nSPS) is 11.1. The van der Waals surface area contributed by atoms with Crippen molar-refractivity contribution in [1.82, 2.24) is 5.32 Å². The maximum atomic E-state index is 12.5. The molecule has 0 aliphatic rings. The summed E-state index contributed by atoms with van der Waals surface area (Å²) < 4.78 is 5.49. The molecule has 2 rings (SSSR count). The van der Waals surface area contributed by atoms with Gasteiger partial charge >= 0.3 is 12.0 Å². The molecular weight excluding hydrogens is 358 g/mol. The van der Waals surface area contributed by atoms with Gasteiger partial charge in [-0.05, 0) is 43.5 Å². The average Bonchev–Trinajstić information content (AvgIpc) is 2.68. The lowest BCUT2D eigenvalue weighted by molar-refractivity contribution is -0.137. The molecule has 0 aliphatic carbocycles. The topological polar surface area (TPSA) is 111 Å². The standard InChI is InChI=1S/C21H23N3O4/c1-2-28-19-10-8-16(14-22)13-18(19)24-21(27)23-17(9-11-20(25)26)12-15-6-4-3-5-7-15/h3-8,10,13,17H,2,9,11-12H2,1H3,(H,25,26)(H2,23,24,27). The maximum Gasteiger partial charge on any atom is 0.319 e. The molecule has 0 saturated carbocycles. The van der Waals surface area contributed by atoms with Crippen molar-refractivity contribution in [2.24, 2.45) is 0 Å². The summed E-state index contributed by atoms with van der Waals surface area (Å²) in [5.74, 6) is -0.456. The van der Waals surface area contributed by atoms with E-state index >= 15 is 0 Å². The second kappa shape index (κ2) is 10.6. The predicted molar refractivity (Wildman–Crippen MR) is 105 cm³/mol. The Bertz CT molecular complexity index is 846. The minimum atomic E-state index is -0.916. The Morgan fingerprint density at radius 2 is 1.96 bits per heavy atom. The number of ether oxygens (including phenoxy) is 1. The van der Waals surface area contributed by atoms with Gasteiger partial charge in [0, 0.05) is 12.5 Å². The van der Waals surface area contributed by atoms with Crippen molar-refractivity contribution in [1.29, 1.82) is 5.26 Å². The number of carbonyl (C=O) groups is 2. The summed E-state index contributed by atoms with van der Waals surface area (Å²) in [7, 11) is 0. The SMILES string of the molecule is CCOc1ccc(C#N)cc1NC(=O)NC(CCC(=O)O)Cc1ccccc1. The second-order valence-electron chi connectivity index (χ2n) is 6.17. The number of nitrogens with zero attached hydrogens (tertiary/aromatic N) is 1. The lowest BCUT2D eigenvalue weighted by Gasteiger charge is -2.19. The molecule has 0 aliphatic heterocycles. The molecule has 0 fully saturated rings. The van der Waals surface area contributed by atoms with Crippen molar-refractivity contribution >= 4 is 17.7 Å². The zero-order chi connectivity index (χ0) is 20.4. The molecule has 1 atom stereocenters. The quantitative estimate of drug-likeness (QED) is 0.615. The summed E-state index contributed by atoms with van der Waals surface area (Å²) in [6.45, 7) is 2.24. The van der Waals surface area contributed by atoms with Gasteiger partial charge in [0.25, 0.3) is 0 Å². The first-order chi connectivity index (χ1) is 13.5. The molecule has 3 N–H and O–H groups in total. The first-order valence-corrected chi connectivity index (χ1v) is 9.02. The van der Waals surface area contributed by atoms with Gasteiger partial charge < -0.3 is 20.5 Å². The van der Waals surface area contributed by atoms with Crippen molar-refractivity contribution in [2.45, 2.75) is 32.2 Å². The van der Waals surface area contributed by atoms with Crippen LogP contribution < -0.4 is 15.4 Å². The third kappa shape index (κ3) is 6.65. The molecule has 0 heterocycles. The van der Waals surface area contributed by atoms with E-state index in [9.17, 15) is 9.59 Å². The molecule has 0 bridgehead atoms. The zero-order valence-electron chi connectivity index (χ0n) is 15.6. The molecule has 2 amide bonds. The van der Waals surface area contributed by atoms with Gasteiger partial charge in [-0.3, -0.25) is 4.79 Å². The Labute approximate surface area is 163 Å². The molecule has 0 aromatic heterocycles. The number of anilines is 1. The van der Waals surface area contributed by atoms with Crippen molar-refractivity contribution in [3.8, 4) is 11.8 Å². The van der Waals surface area contributed by atoms with Crippen molar-refractivity contribution < 1.29 is 19.4 Å². The number of hydrogen-bond donors (Lipinski definition) is 3. The van der Waals surface area contributed by atoms with E-state index in [1.54, 1.807) is 12.1 Å².